The van der Waals surface area contributed by atoms with E-state index < -0.39 is 18.1 Å². The van der Waals surface area contributed by atoms with E-state index in [9.17, 15) is 9.90 Å². The van der Waals surface area contributed by atoms with Gasteiger partial charge in [0.15, 0.2) is 5.89 Å². The molecule has 1 aromatic carbocycles. The number of carbonyl (C=O) groups is 1. The highest BCUT2D eigenvalue weighted by Gasteiger charge is 2.34. The van der Waals surface area contributed by atoms with Crippen molar-refractivity contribution in [1.82, 2.24) is 14.9 Å². The molecule has 1 N–H and O–H groups in total. The first-order valence-electron chi connectivity index (χ1n) is 11.5. The minimum Gasteiger partial charge on any atom is -0.497 e. The van der Waals surface area contributed by atoms with Crippen LogP contribution in [0.15, 0.2) is 47.3 Å². The Hall–Kier alpha value is -3.00. The number of hydrogen-bond acceptors (Lipinski definition) is 6. The van der Waals surface area contributed by atoms with Gasteiger partial charge in [0.1, 0.15) is 18.2 Å². The zero-order valence-corrected chi connectivity index (χ0v) is 18.8. The Labute approximate surface area is 192 Å². The van der Waals surface area contributed by atoms with Crippen molar-refractivity contribution < 1.29 is 23.4 Å². The van der Waals surface area contributed by atoms with Crippen molar-refractivity contribution in [1.29, 1.82) is 0 Å². The third-order valence-electron chi connectivity index (χ3n) is 6.62. The van der Waals surface area contributed by atoms with Crippen LogP contribution in [-0.4, -0.2) is 52.7 Å². The first-order valence-corrected chi connectivity index (χ1v) is 11.5. The van der Waals surface area contributed by atoms with Crippen molar-refractivity contribution in [3.8, 4) is 5.75 Å². The Morgan fingerprint density at radius 3 is 2.97 bits per heavy atom. The van der Waals surface area contributed by atoms with E-state index in [1.165, 1.54) is 0 Å². The van der Waals surface area contributed by atoms with Gasteiger partial charge in [0.2, 0.25) is 0 Å². The molecule has 3 aromatic rings. The van der Waals surface area contributed by atoms with E-state index in [1.807, 2.05) is 12.1 Å². The molecule has 176 valence electrons. The van der Waals surface area contributed by atoms with E-state index in [0.717, 1.165) is 43.3 Å². The van der Waals surface area contributed by atoms with E-state index >= 15 is 4.39 Å². The number of benzene rings is 1. The van der Waals surface area contributed by atoms with E-state index in [-0.39, 0.29) is 12.3 Å². The number of pyridine rings is 1. The molecule has 1 aliphatic heterocycles. The largest absolute Gasteiger partial charge is 0.497 e. The quantitative estimate of drug-likeness (QED) is 0.475. The van der Waals surface area contributed by atoms with E-state index in [1.54, 1.807) is 37.9 Å². The lowest BCUT2D eigenvalue weighted by atomic mass is 9.81. The highest BCUT2D eigenvalue weighted by molar-refractivity contribution is 5.83. The summed E-state index contributed by atoms with van der Waals surface area (Å²) < 4.78 is 25.9. The second-order valence-electron chi connectivity index (χ2n) is 8.65. The number of aryl methyl sites for hydroxylation is 1. The van der Waals surface area contributed by atoms with Gasteiger partial charge >= 0.3 is 5.97 Å². The Kier molecular flexibility index (Phi) is 7.54. The van der Waals surface area contributed by atoms with Crippen LogP contribution in [0.1, 0.15) is 43.3 Å². The molecule has 3 heterocycles. The fraction of sp³-hybridized carbons (Fsp3) is 0.480. The number of hydrogen-bond donors (Lipinski definition) is 1. The minimum atomic E-state index is -1.18. The zero-order valence-electron chi connectivity index (χ0n) is 18.8. The molecule has 0 radical (unpaired) electrons. The monoisotopic (exact) mass is 455 g/mol. The summed E-state index contributed by atoms with van der Waals surface area (Å²) >= 11 is 0. The highest BCUT2D eigenvalue weighted by Crippen LogP contribution is 2.35. The normalized spacial score (nSPS) is 20.1. The summed E-state index contributed by atoms with van der Waals surface area (Å²) in [6.07, 6.45) is 6.80. The first-order chi connectivity index (χ1) is 16.0. The number of aromatic nitrogens is 2. The molecule has 4 rings (SSSR count). The molecule has 0 amide bonds. The third kappa shape index (κ3) is 5.68. The summed E-state index contributed by atoms with van der Waals surface area (Å²) in [5.74, 6) is 0.0419. The number of ether oxygens (including phenoxy) is 1. The summed E-state index contributed by atoms with van der Waals surface area (Å²) in [5, 5.41) is 10.6. The van der Waals surface area contributed by atoms with Crippen molar-refractivity contribution in [2.75, 3.05) is 26.7 Å². The van der Waals surface area contributed by atoms with Gasteiger partial charge in [-0.15, -0.1) is 0 Å². The maximum Gasteiger partial charge on any atom is 0.308 e. The van der Waals surface area contributed by atoms with Gasteiger partial charge in [-0.1, -0.05) is 0 Å². The van der Waals surface area contributed by atoms with Crippen molar-refractivity contribution in [2.45, 2.75) is 38.3 Å². The average molecular weight is 456 g/mol. The molecule has 0 bridgehead atoms. The molecule has 0 spiro atoms. The fourth-order valence-electron chi connectivity index (χ4n) is 4.79. The van der Waals surface area contributed by atoms with Gasteiger partial charge in [0.25, 0.3) is 0 Å². The highest BCUT2D eigenvalue weighted by atomic mass is 19.1. The number of nitrogens with zero attached hydrogens (tertiary/aromatic N) is 3. The number of fused-ring (bicyclic) bond motifs is 1. The number of carboxylic acid groups (broad SMARTS) is 1. The van der Waals surface area contributed by atoms with Gasteiger partial charge in [-0.25, -0.2) is 9.37 Å². The van der Waals surface area contributed by atoms with Crippen LogP contribution in [0, 0.1) is 11.8 Å². The summed E-state index contributed by atoms with van der Waals surface area (Å²) in [4.78, 5) is 22.6. The molecule has 33 heavy (non-hydrogen) atoms. The number of alkyl halides is 1. The van der Waals surface area contributed by atoms with Crippen molar-refractivity contribution in [3.63, 3.8) is 0 Å². The zero-order chi connectivity index (χ0) is 23.2. The predicted octanol–water partition coefficient (Wildman–Crippen LogP) is 4.68. The lowest BCUT2D eigenvalue weighted by Crippen LogP contribution is -2.44. The van der Waals surface area contributed by atoms with Crippen LogP contribution in [0.3, 0.4) is 0 Å². The molecule has 1 saturated heterocycles. The molecule has 0 saturated carbocycles. The van der Waals surface area contributed by atoms with Crippen molar-refractivity contribution in [2.24, 2.45) is 11.8 Å². The van der Waals surface area contributed by atoms with Gasteiger partial charge in [-0.2, -0.15) is 0 Å². The van der Waals surface area contributed by atoms with Gasteiger partial charge in [-0.3, -0.25) is 9.78 Å². The molecular weight excluding hydrogens is 425 g/mol. The standard InChI is InChI=1S/C25H30FN3O4/c1-32-18-5-7-23-20(15-18)19(8-10-27-23)22(26)6-4-17-9-13-29(16-21(17)25(30)31)12-2-3-24-28-11-14-33-24/h5,7-8,10-11,14-15,17,21-22H,2-4,6,9,12-13,16H2,1H3,(H,30,31)/t17-,21+,22+/m1/s1. The number of methoxy groups -OCH3 is 1. The molecule has 0 aliphatic carbocycles. The SMILES string of the molecule is COc1ccc2nccc([C@@H](F)CC[C@@H]3CCN(CCCc4ncco4)C[C@@H]3C(=O)O)c2c1. The molecule has 2 aromatic heterocycles. The molecular formula is C25H30FN3O4. The first kappa shape index (κ1) is 23.2. The topological polar surface area (TPSA) is 88.7 Å². The molecule has 8 heteroatoms. The lowest BCUT2D eigenvalue weighted by molar-refractivity contribution is -0.146. The number of rotatable bonds is 10. The van der Waals surface area contributed by atoms with E-state index in [0.29, 0.717) is 30.2 Å². The Bertz CT molecular complexity index is 1060. The van der Waals surface area contributed by atoms with Gasteiger partial charge < -0.3 is 19.2 Å². The number of halogens is 1. The maximum atomic E-state index is 15.3. The average Bonchev–Trinajstić information content (AvgIpc) is 3.35. The molecule has 1 aliphatic rings. The van der Waals surface area contributed by atoms with Crippen molar-refractivity contribution in [3.05, 3.63) is 54.4 Å². The summed E-state index contributed by atoms with van der Waals surface area (Å²) in [7, 11) is 1.58. The second kappa shape index (κ2) is 10.7. The Morgan fingerprint density at radius 2 is 2.21 bits per heavy atom. The van der Waals surface area contributed by atoms with Gasteiger partial charge in [0.05, 0.1) is 24.7 Å². The Morgan fingerprint density at radius 1 is 1.33 bits per heavy atom. The predicted molar refractivity (Wildman–Crippen MR) is 122 cm³/mol. The molecule has 1 fully saturated rings. The number of carboxylic acids is 1. The summed E-state index contributed by atoms with van der Waals surface area (Å²) in [6.45, 7) is 2.12. The smallest absolute Gasteiger partial charge is 0.308 e. The Balaban J connectivity index is 1.34. The van der Waals surface area contributed by atoms with E-state index in [4.69, 9.17) is 9.15 Å². The van der Waals surface area contributed by atoms with Crippen LogP contribution in [0.4, 0.5) is 4.39 Å². The van der Waals surface area contributed by atoms with Crippen LogP contribution >= 0.6 is 0 Å². The second-order valence-corrected chi connectivity index (χ2v) is 8.65. The minimum absolute atomic E-state index is 0.0358. The molecule has 0 unspecified atom stereocenters. The third-order valence-corrected chi connectivity index (χ3v) is 6.62. The molecule has 3 atom stereocenters. The van der Waals surface area contributed by atoms with Crippen LogP contribution in [0.2, 0.25) is 0 Å². The number of aliphatic carboxylic acids is 1. The van der Waals surface area contributed by atoms with Crippen LogP contribution in [0.5, 0.6) is 5.75 Å². The maximum absolute atomic E-state index is 15.3. The van der Waals surface area contributed by atoms with Gasteiger partial charge in [-0.05, 0) is 74.5 Å². The summed E-state index contributed by atoms with van der Waals surface area (Å²) in [6, 6.07) is 7.14. The number of piperidine rings is 1. The fourth-order valence-corrected chi connectivity index (χ4v) is 4.79. The van der Waals surface area contributed by atoms with Crippen LogP contribution in [0.25, 0.3) is 10.9 Å². The summed E-state index contributed by atoms with van der Waals surface area (Å²) in [5.41, 5.74) is 1.30. The number of oxazole rings is 1. The van der Waals surface area contributed by atoms with Crippen molar-refractivity contribution >= 4 is 16.9 Å². The van der Waals surface area contributed by atoms with Crippen LogP contribution in [-0.2, 0) is 11.2 Å². The van der Waals surface area contributed by atoms with Gasteiger partial charge in [0, 0.05) is 24.5 Å². The number of likely N-dealkylation sites (tertiary alicyclic amines) is 1. The molecule has 7 nitrogen and oxygen atoms in total. The van der Waals surface area contributed by atoms with E-state index in [2.05, 4.69) is 14.9 Å². The van der Waals surface area contributed by atoms with Crippen LogP contribution < -0.4 is 4.74 Å². The lowest BCUT2D eigenvalue weighted by Gasteiger charge is -2.36.